The van der Waals surface area contributed by atoms with Crippen molar-refractivity contribution in [2.75, 3.05) is 6.54 Å². The summed E-state index contributed by atoms with van der Waals surface area (Å²) in [6.45, 7) is 2.56. The zero-order valence-electron chi connectivity index (χ0n) is 12.8. The number of benzene rings is 1. The van der Waals surface area contributed by atoms with E-state index in [0.29, 0.717) is 19.4 Å². The maximum atomic E-state index is 13.0. The Morgan fingerprint density at radius 1 is 1.27 bits per heavy atom. The maximum Gasteiger partial charge on any atom is 0.410 e. The van der Waals surface area contributed by atoms with E-state index in [9.17, 15) is 14.3 Å². The number of hydrogen-bond donors (Lipinski definition) is 1. The number of carbonyl (C=O) groups excluding carboxylic acids is 1. The molecule has 1 aliphatic carbocycles. The van der Waals surface area contributed by atoms with E-state index in [1.54, 1.807) is 17.0 Å². The van der Waals surface area contributed by atoms with Crippen molar-refractivity contribution in [1.82, 2.24) is 4.90 Å². The molecule has 4 nitrogen and oxygen atoms in total. The molecule has 1 aromatic rings. The fraction of sp³-hybridized carbons (Fsp3) is 0.588. The second-order valence-electron chi connectivity index (χ2n) is 6.45. The van der Waals surface area contributed by atoms with Crippen LogP contribution in [0.4, 0.5) is 9.18 Å². The van der Waals surface area contributed by atoms with Gasteiger partial charge < -0.3 is 14.7 Å². The summed E-state index contributed by atoms with van der Waals surface area (Å²) in [5, 5.41) is 9.62. The molecule has 0 aromatic heterocycles. The molecule has 1 spiro atoms. The Kier molecular flexibility index (Phi) is 4.08. The number of amides is 1. The van der Waals surface area contributed by atoms with Gasteiger partial charge in [-0.3, -0.25) is 0 Å². The lowest BCUT2D eigenvalue weighted by molar-refractivity contribution is -0.0908. The molecule has 1 amide bonds. The zero-order valence-corrected chi connectivity index (χ0v) is 12.8. The van der Waals surface area contributed by atoms with Crippen LogP contribution in [0.2, 0.25) is 0 Å². The second-order valence-corrected chi connectivity index (χ2v) is 6.45. The first-order chi connectivity index (χ1) is 10.5. The molecule has 1 saturated heterocycles. The first-order valence-electron chi connectivity index (χ1n) is 7.92. The van der Waals surface area contributed by atoms with Crippen LogP contribution in [0.25, 0.3) is 0 Å². The summed E-state index contributed by atoms with van der Waals surface area (Å²) in [6.07, 6.45) is 3.08. The number of aliphatic hydroxyl groups excluding tert-OH is 1. The van der Waals surface area contributed by atoms with Crippen LogP contribution in [-0.2, 0) is 4.74 Å². The molecule has 0 bridgehead atoms. The van der Waals surface area contributed by atoms with Crippen LogP contribution < -0.4 is 0 Å². The molecule has 0 unspecified atom stereocenters. The Balaban J connectivity index is 1.68. The van der Waals surface area contributed by atoms with Gasteiger partial charge in [-0.15, -0.1) is 0 Å². The van der Waals surface area contributed by atoms with Crippen LogP contribution in [-0.4, -0.2) is 34.3 Å². The quantitative estimate of drug-likeness (QED) is 0.911. The Morgan fingerprint density at radius 3 is 2.50 bits per heavy atom. The lowest BCUT2D eigenvalue weighted by atomic mass is 9.80. The highest BCUT2D eigenvalue weighted by atomic mass is 19.1. The second kappa shape index (κ2) is 5.88. The molecule has 3 rings (SSSR count). The molecule has 2 aliphatic rings. The lowest BCUT2D eigenvalue weighted by Crippen LogP contribution is -2.52. The number of nitrogens with zero attached hydrogens (tertiary/aromatic N) is 1. The van der Waals surface area contributed by atoms with Gasteiger partial charge in [0.1, 0.15) is 11.4 Å². The van der Waals surface area contributed by atoms with Gasteiger partial charge in [-0.25, -0.2) is 9.18 Å². The molecule has 0 radical (unpaired) electrons. The summed E-state index contributed by atoms with van der Waals surface area (Å²) in [5.41, 5.74) is 0.503. The van der Waals surface area contributed by atoms with Gasteiger partial charge in [0.15, 0.2) is 0 Å². The van der Waals surface area contributed by atoms with Crippen molar-refractivity contribution in [2.24, 2.45) is 0 Å². The maximum absolute atomic E-state index is 13.0. The molecule has 1 aromatic carbocycles. The number of aliphatic hydroxyl groups is 1. The highest BCUT2D eigenvalue weighted by Crippen LogP contribution is 2.39. The number of carbonyl (C=O) groups is 1. The third-order valence-electron chi connectivity index (χ3n) is 5.03. The fourth-order valence-corrected chi connectivity index (χ4v) is 3.46. The van der Waals surface area contributed by atoms with Gasteiger partial charge in [0, 0.05) is 13.0 Å². The molecule has 1 atom stereocenters. The molecule has 22 heavy (non-hydrogen) atoms. The van der Waals surface area contributed by atoms with Crippen LogP contribution in [0.1, 0.15) is 50.6 Å². The van der Waals surface area contributed by atoms with E-state index < -0.39 is 5.60 Å². The predicted octanol–water partition coefficient (Wildman–Crippen LogP) is 3.40. The summed E-state index contributed by atoms with van der Waals surface area (Å²) in [6, 6.07) is 6.08. The molecule has 1 N–H and O–H groups in total. The number of hydrogen-bond acceptors (Lipinski definition) is 3. The van der Waals surface area contributed by atoms with E-state index in [2.05, 4.69) is 0 Å². The summed E-state index contributed by atoms with van der Waals surface area (Å²) < 4.78 is 18.8. The highest BCUT2D eigenvalue weighted by Gasteiger charge is 2.44. The normalized spacial score (nSPS) is 30.2. The van der Waals surface area contributed by atoms with Crippen LogP contribution in [0.3, 0.4) is 0 Å². The Hall–Kier alpha value is -1.62. The molecular weight excluding hydrogens is 285 g/mol. The minimum atomic E-state index is -0.394. The van der Waals surface area contributed by atoms with Crippen LogP contribution in [0.15, 0.2) is 24.3 Å². The van der Waals surface area contributed by atoms with Gasteiger partial charge >= 0.3 is 6.09 Å². The van der Waals surface area contributed by atoms with Crippen LogP contribution >= 0.6 is 0 Å². The first-order valence-corrected chi connectivity index (χ1v) is 7.92. The van der Waals surface area contributed by atoms with E-state index in [1.165, 1.54) is 12.1 Å². The van der Waals surface area contributed by atoms with Crippen molar-refractivity contribution >= 4 is 6.09 Å². The molecule has 2 fully saturated rings. The van der Waals surface area contributed by atoms with Crippen molar-refractivity contribution in [2.45, 2.75) is 56.8 Å². The van der Waals surface area contributed by atoms with Crippen molar-refractivity contribution in [3.05, 3.63) is 35.6 Å². The Labute approximate surface area is 129 Å². The summed E-state index contributed by atoms with van der Waals surface area (Å²) in [7, 11) is 0. The van der Waals surface area contributed by atoms with Crippen molar-refractivity contribution in [1.29, 1.82) is 0 Å². The van der Waals surface area contributed by atoms with Gasteiger partial charge in [0.05, 0.1) is 12.1 Å². The minimum Gasteiger partial charge on any atom is -0.443 e. The number of ether oxygens (including phenoxy) is 1. The van der Waals surface area contributed by atoms with Crippen molar-refractivity contribution < 1.29 is 19.0 Å². The highest BCUT2D eigenvalue weighted by molar-refractivity contribution is 5.69. The molecule has 1 aliphatic heterocycles. The Morgan fingerprint density at radius 2 is 1.91 bits per heavy atom. The smallest absolute Gasteiger partial charge is 0.410 e. The third-order valence-corrected chi connectivity index (χ3v) is 5.03. The lowest BCUT2D eigenvalue weighted by Gasteiger charge is -2.45. The molecule has 1 saturated carbocycles. The number of halogens is 1. The first kappa shape index (κ1) is 15.3. The molecular formula is C17H22FNO3. The SMILES string of the molecule is C[C@@H](c1ccc(F)cc1)N1CCC2(CCC(O)CC2)OC1=O. The zero-order chi connectivity index (χ0) is 15.7. The van der Waals surface area contributed by atoms with Gasteiger partial charge in [-0.05, 0) is 50.3 Å². The van der Waals surface area contributed by atoms with E-state index in [0.717, 1.165) is 24.8 Å². The van der Waals surface area contributed by atoms with Gasteiger partial charge in [-0.2, -0.15) is 0 Å². The van der Waals surface area contributed by atoms with E-state index in [-0.39, 0.29) is 24.1 Å². The summed E-state index contributed by atoms with van der Waals surface area (Å²) in [5.74, 6) is -0.281. The minimum absolute atomic E-state index is 0.139. The van der Waals surface area contributed by atoms with Crippen LogP contribution in [0, 0.1) is 5.82 Å². The average Bonchev–Trinajstić information content (AvgIpc) is 2.51. The summed E-state index contributed by atoms with van der Waals surface area (Å²) in [4.78, 5) is 14.1. The molecule has 1 heterocycles. The van der Waals surface area contributed by atoms with Crippen molar-refractivity contribution in [3.63, 3.8) is 0 Å². The standard InChI is InChI=1S/C17H22FNO3/c1-12(13-2-4-14(18)5-3-13)19-11-10-17(22-16(19)21)8-6-15(20)7-9-17/h2-5,12,15,20H,6-11H2,1H3/t12-,15?,17?/m0/s1. The topological polar surface area (TPSA) is 49.8 Å². The fourth-order valence-electron chi connectivity index (χ4n) is 3.46. The van der Waals surface area contributed by atoms with Crippen LogP contribution in [0.5, 0.6) is 0 Å². The predicted molar refractivity (Wildman–Crippen MR) is 79.8 cm³/mol. The molecule has 5 heteroatoms. The van der Waals surface area contributed by atoms with Gasteiger partial charge in [-0.1, -0.05) is 12.1 Å². The number of rotatable bonds is 2. The average molecular weight is 307 g/mol. The van der Waals surface area contributed by atoms with E-state index in [1.807, 2.05) is 6.92 Å². The third kappa shape index (κ3) is 2.95. The Bertz CT molecular complexity index is 537. The van der Waals surface area contributed by atoms with Gasteiger partial charge in [0.25, 0.3) is 0 Å². The van der Waals surface area contributed by atoms with E-state index in [4.69, 9.17) is 4.74 Å². The summed E-state index contributed by atoms with van der Waals surface area (Å²) >= 11 is 0. The van der Waals surface area contributed by atoms with Gasteiger partial charge in [0.2, 0.25) is 0 Å². The molecule has 120 valence electrons. The monoisotopic (exact) mass is 307 g/mol. The largest absolute Gasteiger partial charge is 0.443 e. The van der Waals surface area contributed by atoms with E-state index >= 15 is 0 Å². The van der Waals surface area contributed by atoms with Crippen molar-refractivity contribution in [3.8, 4) is 0 Å².